The molecule has 0 saturated heterocycles. The Balaban J connectivity index is 1.74. The predicted octanol–water partition coefficient (Wildman–Crippen LogP) is 7.53. The third-order valence-corrected chi connectivity index (χ3v) is 11.2. The van der Waals surface area contributed by atoms with Crippen molar-refractivity contribution in [1.82, 2.24) is 0 Å². The van der Waals surface area contributed by atoms with Gasteiger partial charge in [-0.3, -0.25) is 4.57 Å². The summed E-state index contributed by atoms with van der Waals surface area (Å²) in [4.78, 5) is 14.5. The summed E-state index contributed by atoms with van der Waals surface area (Å²) in [6.45, 7) is 10.4. The van der Waals surface area contributed by atoms with Gasteiger partial charge in [0.15, 0.2) is 0 Å². The van der Waals surface area contributed by atoms with Crippen LogP contribution in [-0.2, 0) is 28.6 Å². The van der Waals surface area contributed by atoms with Crippen LogP contribution in [0, 0.1) is 11.8 Å². The zero-order chi connectivity index (χ0) is 29.0. The maximum absolute atomic E-state index is 14.5. The molecule has 4 rings (SSSR count). The summed E-state index contributed by atoms with van der Waals surface area (Å²) < 4.78 is 37.9. The number of hydrogen-bond acceptors (Lipinski definition) is 8. The summed E-state index contributed by atoms with van der Waals surface area (Å²) in [6.07, 6.45) is 2.22. The molecule has 1 fully saturated rings. The van der Waals surface area contributed by atoms with Gasteiger partial charge in [0, 0.05) is 5.92 Å². The Kier molecular flexibility index (Phi) is 9.54. The smallest absolute Gasteiger partial charge is 0.372 e. The van der Waals surface area contributed by atoms with Crippen molar-refractivity contribution in [3.63, 3.8) is 0 Å². The minimum absolute atomic E-state index is 0.0326. The van der Waals surface area contributed by atoms with Crippen LogP contribution >= 0.6 is 7.60 Å². The number of carbonyl (C=O) groups excluding carboxylic acids is 1. The van der Waals surface area contributed by atoms with Crippen LogP contribution in [0.15, 0.2) is 64.8 Å². The van der Waals surface area contributed by atoms with Gasteiger partial charge in [0.1, 0.15) is 11.9 Å². The lowest BCUT2D eigenvalue weighted by Gasteiger charge is -2.45. The third-order valence-electron chi connectivity index (χ3n) is 8.56. The molecule has 8 nitrogen and oxygen atoms in total. The van der Waals surface area contributed by atoms with Crippen LogP contribution in [0.5, 0.6) is 5.75 Å². The van der Waals surface area contributed by atoms with E-state index in [-0.39, 0.29) is 31.1 Å². The SMILES string of the molecule is CCOP(=O)(OCC)[C@@]1(C(=O)O[C@@H]2C[C@H](C)CC[C@H]2C(C)(C)c2ccc(OC)cc2)N=NC[C@@H]1c1ccccc1. The van der Waals surface area contributed by atoms with Crippen molar-refractivity contribution in [3.8, 4) is 5.75 Å². The molecule has 0 spiro atoms. The summed E-state index contributed by atoms with van der Waals surface area (Å²) in [5, 5.41) is 6.75. The molecule has 0 unspecified atom stereocenters. The Labute approximate surface area is 238 Å². The van der Waals surface area contributed by atoms with Crippen molar-refractivity contribution in [2.45, 2.75) is 76.6 Å². The summed E-state index contributed by atoms with van der Waals surface area (Å²) >= 11 is 0. The zero-order valence-corrected chi connectivity index (χ0v) is 25.4. The Morgan fingerprint density at radius 1 is 1.02 bits per heavy atom. The van der Waals surface area contributed by atoms with E-state index in [1.807, 2.05) is 42.5 Å². The van der Waals surface area contributed by atoms with E-state index in [0.717, 1.165) is 29.7 Å². The Bertz CT molecular complexity index is 1210. The second-order valence-electron chi connectivity index (χ2n) is 11.4. The van der Waals surface area contributed by atoms with Crippen LogP contribution in [0.3, 0.4) is 0 Å². The summed E-state index contributed by atoms with van der Waals surface area (Å²) in [6, 6.07) is 17.5. The van der Waals surface area contributed by atoms with Gasteiger partial charge in [-0.2, -0.15) is 10.2 Å². The first-order valence-corrected chi connectivity index (χ1v) is 15.9. The largest absolute Gasteiger partial charge is 0.497 e. The molecule has 218 valence electrons. The van der Waals surface area contributed by atoms with Gasteiger partial charge in [0.05, 0.1) is 32.8 Å². The van der Waals surface area contributed by atoms with Crippen molar-refractivity contribution in [3.05, 3.63) is 65.7 Å². The summed E-state index contributed by atoms with van der Waals surface area (Å²) in [5.74, 6) is -0.132. The third kappa shape index (κ3) is 5.63. The number of methoxy groups -OCH3 is 1. The minimum atomic E-state index is -4.14. The van der Waals surface area contributed by atoms with Gasteiger partial charge in [-0.25, -0.2) is 4.79 Å². The Morgan fingerprint density at radius 2 is 1.68 bits per heavy atom. The number of esters is 1. The van der Waals surface area contributed by atoms with Crippen LogP contribution < -0.4 is 4.74 Å². The zero-order valence-electron chi connectivity index (χ0n) is 24.5. The second-order valence-corrected chi connectivity index (χ2v) is 13.6. The fourth-order valence-electron chi connectivity index (χ4n) is 6.31. The average molecular weight is 571 g/mol. The molecule has 5 atom stereocenters. The molecule has 1 saturated carbocycles. The van der Waals surface area contributed by atoms with Crippen LogP contribution in [-0.4, -0.2) is 44.2 Å². The molecule has 0 aromatic heterocycles. The highest BCUT2D eigenvalue weighted by Gasteiger charge is 2.67. The van der Waals surface area contributed by atoms with Gasteiger partial charge >= 0.3 is 13.6 Å². The maximum Gasteiger partial charge on any atom is 0.372 e. The first-order chi connectivity index (χ1) is 19.1. The maximum atomic E-state index is 14.5. The molecule has 9 heteroatoms. The minimum Gasteiger partial charge on any atom is -0.497 e. The van der Waals surface area contributed by atoms with Crippen LogP contribution in [0.1, 0.15) is 70.9 Å². The quantitative estimate of drug-likeness (QED) is 0.205. The number of ether oxygens (including phenoxy) is 2. The number of carbonyl (C=O) groups is 1. The highest BCUT2D eigenvalue weighted by Crippen LogP contribution is 2.68. The van der Waals surface area contributed by atoms with E-state index in [1.54, 1.807) is 21.0 Å². The Hall–Kier alpha value is -2.54. The summed E-state index contributed by atoms with van der Waals surface area (Å²) in [5.41, 5.74) is 1.63. The molecule has 1 aliphatic heterocycles. The number of benzene rings is 2. The van der Waals surface area contributed by atoms with Gasteiger partial charge in [0.2, 0.25) is 0 Å². The average Bonchev–Trinajstić information content (AvgIpc) is 3.41. The van der Waals surface area contributed by atoms with Crippen LogP contribution in [0.4, 0.5) is 0 Å². The molecule has 1 heterocycles. The van der Waals surface area contributed by atoms with E-state index < -0.39 is 30.9 Å². The highest BCUT2D eigenvalue weighted by atomic mass is 31.2. The van der Waals surface area contributed by atoms with Crippen LogP contribution in [0.2, 0.25) is 0 Å². The topological polar surface area (TPSA) is 95.8 Å². The molecule has 2 aliphatic rings. The fraction of sp³-hybridized carbons (Fsp3) is 0.581. The highest BCUT2D eigenvalue weighted by molar-refractivity contribution is 7.56. The van der Waals surface area contributed by atoms with Crippen molar-refractivity contribution < 1.29 is 27.9 Å². The molecule has 0 amide bonds. The van der Waals surface area contributed by atoms with Crippen molar-refractivity contribution in [1.29, 1.82) is 0 Å². The van der Waals surface area contributed by atoms with E-state index in [1.165, 1.54) is 0 Å². The molecule has 2 aromatic rings. The molecule has 2 aromatic carbocycles. The van der Waals surface area contributed by atoms with Gasteiger partial charge in [-0.05, 0) is 61.3 Å². The number of nitrogens with zero attached hydrogens (tertiary/aromatic N) is 2. The van der Waals surface area contributed by atoms with E-state index in [2.05, 4.69) is 43.1 Å². The lowest BCUT2D eigenvalue weighted by atomic mass is 9.64. The molecule has 1 aliphatic carbocycles. The van der Waals surface area contributed by atoms with Gasteiger partial charge in [0.25, 0.3) is 5.28 Å². The van der Waals surface area contributed by atoms with Crippen molar-refractivity contribution in [2.75, 3.05) is 26.9 Å². The molecule has 40 heavy (non-hydrogen) atoms. The van der Waals surface area contributed by atoms with Gasteiger partial charge in [-0.1, -0.05) is 69.7 Å². The molecular weight excluding hydrogens is 527 g/mol. The van der Waals surface area contributed by atoms with Gasteiger partial charge < -0.3 is 18.5 Å². The van der Waals surface area contributed by atoms with E-state index in [4.69, 9.17) is 18.5 Å². The van der Waals surface area contributed by atoms with E-state index >= 15 is 0 Å². The molecule has 0 bridgehead atoms. The fourth-order valence-corrected chi connectivity index (χ4v) is 8.52. The Morgan fingerprint density at radius 3 is 2.27 bits per heavy atom. The molecular formula is C31H43N2O6P. The monoisotopic (exact) mass is 570 g/mol. The van der Waals surface area contributed by atoms with E-state index in [0.29, 0.717) is 12.3 Å². The van der Waals surface area contributed by atoms with Crippen LogP contribution in [0.25, 0.3) is 0 Å². The predicted molar refractivity (Wildman–Crippen MR) is 155 cm³/mol. The number of rotatable bonds is 11. The summed E-state index contributed by atoms with van der Waals surface area (Å²) in [7, 11) is -2.48. The molecule has 0 N–H and O–H groups in total. The van der Waals surface area contributed by atoms with Crippen molar-refractivity contribution >= 4 is 13.6 Å². The second kappa shape index (κ2) is 12.5. The standard InChI is InChI=1S/C31H43N2O6P/c1-7-37-40(35,38-8-2)31(27(21-32-33-31)23-12-10-9-11-13-23)29(34)39-28-20-22(3)14-19-26(28)30(4,5)24-15-17-25(36-6)18-16-24/h9-13,15-18,22,26-28H,7-8,14,19-21H2,1-6H3/t22-,26-,27-,28-,31+/m1/s1. The number of azo groups is 1. The van der Waals surface area contributed by atoms with Gasteiger partial charge in [-0.15, -0.1) is 0 Å². The number of hydrogen-bond donors (Lipinski definition) is 0. The van der Waals surface area contributed by atoms with Crippen molar-refractivity contribution in [2.24, 2.45) is 22.1 Å². The van der Waals surface area contributed by atoms with E-state index in [9.17, 15) is 9.36 Å². The lowest BCUT2D eigenvalue weighted by Crippen LogP contribution is -2.49. The lowest BCUT2D eigenvalue weighted by molar-refractivity contribution is -0.161. The first-order valence-electron chi connectivity index (χ1n) is 14.3. The normalized spacial score (nSPS) is 26.9. The first kappa shape index (κ1) is 30.4. The molecule has 0 radical (unpaired) electrons.